The largest absolute Gasteiger partial charge is 0.351 e. The molecule has 5 rings (SSSR count). The number of hydrogen-bond acceptors (Lipinski definition) is 3. The second-order valence-corrected chi connectivity index (χ2v) is 11.2. The van der Waals surface area contributed by atoms with Gasteiger partial charge in [-0.2, -0.15) is 0 Å². The van der Waals surface area contributed by atoms with Gasteiger partial charge in [-0.25, -0.2) is 0 Å². The molecule has 190 valence electrons. The highest BCUT2D eigenvalue weighted by atomic mass is 16.2. The van der Waals surface area contributed by atoms with Crippen LogP contribution in [0.4, 0.5) is 0 Å². The lowest BCUT2D eigenvalue weighted by Crippen LogP contribution is -2.65. The van der Waals surface area contributed by atoms with Gasteiger partial charge in [-0.15, -0.1) is 0 Å². The molecular formula is C29H42N4O2. The van der Waals surface area contributed by atoms with E-state index in [0.717, 1.165) is 43.3 Å². The molecule has 0 unspecified atom stereocenters. The molecule has 1 saturated heterocycles. The zero-order valence-corrected chi connectivity index (χ0v) is 21.6. The van der Waals surface area contributed by atoms with E-state index >= 15 is 0 Å². The van der Waals surface area contributed by atoms with Gasteiger partial charge in [0, 0.05) is 36.1 Å². The van der Waals surface area contributed by atoms with Crippen molar-refractivity contribution in [3.8, 4) is 0 Å². The topological polar surface area (TPSA) is 57.6 Å². The van der Waals surface area contributed by atoms with E-state index in [1.807, 2.05) is 30.0 Å². The van der Waals surface area contributed by atoms with Crippen LogP contribution in [0.15, 0.2) is 30.3 Å². The predicted molar refractivity (Wildman–Crippen MR) is 141 cm³/mol. The summed E-state index contributed by atoms with van der Waals surface area (Å²) < 4.78 is 2.08. The molecule has 1 N–H and O–H groups in total. The Morgan fingerprint density at radius 2 is 1.83 bits per heavy atom. The van der Waals surface area contributed by atoms with Gasteiger partial charge in [0.15, 0.2) is 0 Å². The number of carbonyl (C=O) groups excluding carboxylic acids is 2. The average molecular weight is 479 g/mol. The van der Waals surface area contributed by atoms with Crippen molar-refractivity contribution in [1.29, 1.82) is 0 Å². The smallest absolute Gasteiger partial charge is 0.271 e. The normalized spacial score (nSPS) is 26.2. The standard InChI is InChI=1S/C29H42N4O2/c1-3-24-15-9-10-17-31(24)18-11-19-33-27(34)26-20-22-12-7-8-16-25(22)32(26)21-29(33,2)28(35)30-23-13-5-4-6-14-23/h7-8,12,16,20,23-24H,3-6,9-11,13-15,17-19,21H2,1-2H3,(H,30,35)/t24-,29-/m1/s1. The summed E-state index contributed by atoms with van der Waals surface area (Å²) in [7, 11) is 0. The van der Waals surface area contributed by atoms with Gasteiger partial charge < -0.3 is 19.7 Å². The quantitative estimate of drug-likeness (QED) is 0.612. The Morgan fingerprint density at radius 1 is 1.06 bits per heavy atom. The molecule has 1 aliphatic carbocycles. The minimum absolute atomic E-state index is 0.00517. The fourth-order valence-corrected chi connectivity index (χ4v) is 6.69. The first kappa shape index (κ1) is 24.4. The molecule has 2 fully saturated rings. The van der Waals surface area contributed by atoms with E-state index in [2.05, 4.69) is 33.8 Å². The minimum Gasteiger partial charge on any atom is -0.351 e. The highest BCUT2D eigenvalue weighted by molar-refractivity contribution is 6.03. The molecule has 35 heavy (non-hydrogen) atoms. The van der Waals surface area contributed by atoms with Crippen molar-refractivity contribution in [2.45, 2.75) is 102 Å². The molecule has 0 bridgehead atoms. The van der Waals surface area contributed by atoms with E-state index < -0.39 is 5.54 Å². The number of benzene rings is 1. The third-order valence-electron chi connectivity index (χ3n) is 8.81. The predicted octanol–water partition coefficient (Wildman–Crippen LogP) is 4.96. The molecule has 6 nitrogen and oxygen atoms in total. The van der Waals surface area contributed by atoms with Crippen LogP contribution in [-0.4, -0.2) is 63.4 Å². The fourth-order valence-electron chi connectivity index (χ4n) is 6.69. The van der Waals surface area contributed by atoms with Crippen molar-refractivity contribution in [2.24, 2.45) is 0 Å². The number of nitrogens with zero attached hydrogens (tertiary/aromatic N) is 3. The molecule has 3 heterocycles. The Labute approximate surface area is 210 Å². The van der Waals surface area contributed by atoms with E-state index in [1.54, 1.807) is 0 Å². The van der Waals surface area contributed by atoms with Crippen LogP contribution >= 0.6 is 0 Å². The van der Waals surface area contributed by atoms with Crippen molar-refractivity contribution in [3.05, 3.63) is 36.0 Å². The maximum Gasteiger partial charge on any atom is 0.271 e. The van der Waals surface area contributed by atoms with Crippen LogP contribution in [0.5, 0.6) is 0 Å². The molecule has 1 saturated carbocycles. The van der Waals surface area contributed by atoms with Gasteiger partial charge in [0.05, 0.1) is 6.54 Å². The highest BCUT2D eigenvalue weighted by Gasteiger charge is 2.48. The molecule has 1 aromatic heterocycles. The molecule has 0 spiro atoms. The van der Waals surface area contributed by atoms with Crippen molar-refractivity contribution in [3.63, 3.8) is 0 Å². The Balaban J connectivity index is 1.39. The summed E-state index contributed by atoms with van der Waals surface area (Å²) >= 11 is 0. The molecular weight excluding hydrogens is 436 g/mol. The molecule has 2 amide bonds. The highest BCUT2D eigenvalue weighted by Crippen LogP contribution is 2.33. The van der Waals surface area contributed by atoms with E-state index in [0.29, 0.717) is 24.8 Å². The minimum atomic E-state index is -0.893. The second-order valence-electron chi connectivity index (χ2n) is 11.2. The van der Waals surface area contributed by atoms with Crippen molar-refractivity contribution < 1.29 is 9.59 Å². The van der Waals surface area contributed by atoms with Crippen LogP contribution in [0.1, 0.15) is 88.5 Å². The molecule has 3 aliphatic rings. The number of likely N-dealkylation sites (tertiary alicyclic amines) is 1. The number of amides is 2. The fraction of sp³-hybridized carbons (Fsp3) is 0.655. The molecule has 2 atom stereocenters. The zero-order chi connectivity index (χ0) is 24.4. The lowest BCUT2D eigenvalue weighted by molar-refractivity contribution is -0.133. The molecule has 2 aromatic rings. The van der Waals surface area contributed by atoms with Crippen LogP contribution in [0.25, 0.3) is 10.9 Å². The number of aromatic nitrogens is 1. The summed E-state index contributed by atoms with van der Waals surface area (Å²) in [5.41, 5.74) is 0.847. The Hall–Kier alpha value is -2.34. The van der Waals surface area contributed by atoms with Crippen LogP contribution in [0.2, 0.25) is 0 Å². The van der Waals surface area contributed by atoms with Gasteiger partial charge in [-0.05, 0) is 64.1 Å². The maximum absolute atomic E-state index is 13.9. The first-order valence-corrected chi connectivity index (χ1v) is 14.0. The number of carbonyl (C=O) groups is 2. The first-order valence-electron chi connectivity index (χ1n) is 14.0. The van der Waals surface area contributed by atoms with Crippen LogP contribution in [-0.2, 0) is 11.3 Å². The third kappa shape index (κ3) is 4.74. The van der Waals surface area contributed by atoms with Crippen molar-refractivity contribution in [1.82, 2.24) is 19.7 Å². The van der Waals surface area contributed by atoms with E-state index in [9.17, 15) is 9.59 Å². The lowest BCUT2D eigenvalue weighted by Gasteiger charge is -2.45. The van der Waals surface area contributed by atoms with Crippen molar-refractivity contribution >= 4 is 22.7 Å². The first-order chi connectivity index (χ1) is 17.0. The molecule has 2 aliphatic heterocycles. The third-order valence-corrected chi connectivity index (χ3v) is 8.81. The van der Waals surface area contributed by atoms with Gasteiger partial charge >= 0.3 is 0 Å². The summed E-state index contributed by atoms with van der Waals surface area (Å²) in [5, 5.41) is 4.41. The van der Waals surface area contributed by atoms with Gasteiger partial charge in [-0.3, -0.25) is 9.59 Å². The van der Waals surface area contributed by atoms with E-state index in [1.165, 1.54) is 44.9 Å². The average Bonchev–Trinajstić information content (AvgIpc) is 3.25. The second kappa shape index (κ2) is 10.3. The Bertz CT molecular complexity index is 1060. The summed E-state index contributed by atoms with van der Waals surface area (Å²) in [4.78, 5) is 32.3. The lowest BCUT2D eigenvalue weighted by atomic mass is 9.91. The van der Waals surface area contributed by atoms with Crippen LogP contribution in [0, 0.1) is 0 Å². The van der Waals surface area contributed by atoms with Gasteiger partial charge in [-0.1, -0.05) is 50.8 Å². The summed E-state index contributed by atoms with van der Waals surface area (Å²) in [6, 6.07) is 11.0. The Kier molecular flexibility index (Phi) is 7.19. The van der Waals surface area contributed by atoms with E-state index in [-0.39, 0.29) is 17.9 Å². The monoisotopic (exact) mass is 478 g/mol. The molecule has 0 radical (unpaired) electrons. The number of para-hydroxylation sites is 1. The van der Waals surface area contributed by atoms with Crippen LogP contribution < -0.4 is 5.32 Å². The number of hydrogen-bond donors (Lipinski definition) is 1. The number of rotatable bonds is 7. The summed E-state index contributed by atoms with van der Waals surface area (Å²) in [6.45, 7) is 7.52. The van der Waals surface area contributed by atoms with Crippen molar-refractivity contribution in [2.75, 3.05) is 19.6 Å². The van der Waals surface area contributed by atoms with Gasteiger partial charge in [0.25, 0.3) is 5.91 Å². The summed E-state index contributed by atoms with van der Waals surface area (Å²) in [5.74, 6) is -0.00924. The number of fused-ring (bicyclic) bond motifs is 3. The Morgan fingerprint density at radius 3 is 2.63 bits per heavy atom. The van der Waals surface area contributed by atoms with Gasteiger partial charge in [0.1, 0.15) is 11.2 Å². The zero-order valence-electron chi connectivity index (χ0n) is 21.6. The number of piperidine rings is 1. The van der Waals surface area contributed by atoms with E-state index in [4.69, 9.17) is 0 Å². The SMILES string of the molecule is CC[C@@H]1CCCCN1CCCN1C(=O)c2cc3ccccc3n2C[C@]1(C)C(=O)NC1CCCCC1. The van der Waals surface area contributed by atoms with Crippen LogP contribution in [0.3, 0.4) is 0 Å². The number of nitrogens with one attached hydrogen (secondary N) is 1. The van der Waals surface area contributed by atoms with Gasteiger partial charge in [0.2, 0.25) is 5.91 Å². The molecule has 1 aromatic carbocycles. The molecule has 6 heteroatoms. The maximum atomic E-state index is 13.9. The summed E-state index contributed by atoms with van der Waals surface area (Å²) in [6.07, 6.45) is 11.6.